The van der Waals surface area contributed by atoms with E-state index < -0.39 is 82.4 Å². The van der Waals surface area contributed by atoms with Crippen LogP contribution in [0.2, 0.25) is 0 Å². The van der Waals surface area contributed by atoms with Gasteiger partial charge in [0.05, 0.1) is 19.8 Å². The molecule has 16 heteroatoms. The second-order valence-electron chi connectivity index (χ2n) is 6.73. The largest absolute Gasteiger partial charge is 0.472 e. The zero-order valence-corrected chi connectivity index (χ0v) is 16.5. The molecule has 0 bridgehead atoms. The lowest BCUT2D eigenvalue weighted by Gasteiger charge is -2.45. The highest BCUT2D eigenvalue weighted by Gasteiger charge is 2.50. The zero-order valence-electron chi connectivity index (χ0n) is 15.7. The standard InChI is InChI=1S/C14H28NO14P/c15-1-2-25-30(23,24)26-4-6-8(18)10(20)12(13(22)27-6)29-14-11(21)9(19)7(17)5(3-16)28-14/h5-14,16-22H,1-4,15H2,(H,23,24)/t5-,6-,7-,8-,9+,10+,11+,12+,13?,14-/m1/s1. The first-order valence-electron chi connectivity index (χ1n) is 9.00. The second kappa shape index (κ2) is 11.0. The fourth-order valence-corrected chi connectivity index (χ4v) is 3.66. The van der Waals surface area contributed by atoms with Crippen LogP contribution in [0.15, 0.2) is 0 Å². The molecule has 0 aliphatic carbocycles. The molecule has 10 N–H and O–H groups in total. The maximum atomic E-state index is 11.6. The number of hydrogen-bond donors (Lipinski definition) is 9. The molecule has 2 fully saturated rings. The van der Waals surface area contributed by atoms with Crippen molar-refractivity contribution >= 4 is 7.82 Å². The first kappa shape index (κ1) is 25.9. The summed E-state index contributed by atoms with van der Waals surface area (Å²) in [7, 11) is -4.51. The molecule has 0 amide bonds. The number of phosphoric acid groups is 1. The molecule has 2 unspecified atom stereocenters. The smallest absolute Gasteiger partial charge is 0.394 e. The number of hydrogen-bond acceptors (Lipinski definition) is 14. The van der Waals surface area contributed by atoms with Crippen molar-refractivity contribution in [2.24, 2.45) is 5.73 Å². The van der Waals surface area contributed by atoms with Gasteiger partial charge in [-0.1, -0.05) is 0 Å². The van der Waals surface area contributed by atoms with E-state index in [1.165, 1.54) is 0 Å². The minimum absolute atomic E-state index is 0.0507. The van der Waals surface area contributed by atoms with Gasteiger partial charge in [0.1, 0.15) is 48.8 Å². The van der Waals surface area contributed by atoms with Gasteiger partial charge in [0, 0.05) is 6.54 Å². The fraction of sp³-hybridized carbons (Fsp3) is 1.00. The number of aliphatic hydroxyl groups excluding tert-OH is 7. The van der Waals surface area contributed by atoms with E-state index in [1.807, 2.05) is 0 Å². The van der Waals surface area contributed by atoms with E-state index in [9.17, 15) is 45.2 Å². The molecule has 2 heterocycles. The predicted octanol–water partition coefficient (Wildman–Crippen LogP) is -5.30. The van der Waals surface area contributed by atoms with Crippen LogP contribution in [0.5, 0.6) is 0 Å². The lowest BCUT2D eigenvalue weighted by molar-refractivity contribution is -0.361. The molecule has 0 saturated carbocycles. The quantitative estimate of drug-likeness (QED) is 0.144. The first-order valence-corrected chi connectivity index (χ1v) is 10.5. The molecule has 0 aromatic heterocycles. The molecule has 2 saturated heterocycles. The Labute approximate surface area is 170 Å². The summed E-state index contributed by atoms with van der Waals surface area (Å²) in [6, 6.07) is 0. The van der Waals surface area contributed by atoms with Gasteiger partial charge in [0.15, 0.2) is 12.6 Å². The Hall–Kier alpha value is -0.330. The van der Waals surface area contributed by atoms with Gasteiger partial charge in [-0.05, 0) is 0 Å². The Bertz CT molecular complexity index is 583. The molecule has 2 aliphatic rings. The summed E-state index contributed by atoms with van der Waals surface area (Å²) >= 11 is 0. The lowest BCUT2D eigenvalue weighted by atomic mass is 9.97. The fourth-order valence-electron chi connectivity index (χ4n) is 2.91. The highest BCUT2D eigenvalue weighted by Crippen LogP contribution is 2.43. The SMILES string of the molecule is NCCOP(=O)(O)OC[C@H]1OC(O)[C@@H](O[C@H]2O[C@H](CO)[C@@H](O)[C@H](O)[C@@H]2O)[C@@H](O)[C@@H]1O. The van der Waals surface area contributed by atoms with Crippen LogP contribution in [0.25, 0.3) is 0 Å². The minimum Gasteiger partial charge on any atom is -0.394 e. The number of nitrogens with two attached hydrogens (primary N) is 1. The summed E-state index contributed by atoms with van der Waals surface area (Å²) in [6.07, 6.45) is -17.0. The van der Waals surface area contributed by atoms with Crippen molar-refractivity contribution in [3.63, 3.8) is 0 Å². The number of rotatable bonds is 9. The van der Waals surface area contributed by atoms with Crippen LogP contribution in [0.4, 0.5) is 0 Å². The van der Waals surface area contributed by atoms with Gasteiger partial charge in [-0.15, -0.1) is 0 Å². The third-order valence-corrected chi connectivity index (χ3v) is 5.56. The number of ether oxygens (including phenoxy) is 3. The van der Waals surface area contributed by atoms with E-state index in [0.29, 0.717) is 0 Å². The highest BCUT2D eigenvalue weighted by atomic mass is 31.2. The summed E-state index contributed by atoms with van der Waals surface area (Å²) in [6.45, 7) is -1.81. The van der Waals surface area contributed by atoms with E-state index in [1.54, 1.807) is 0 Å². The summed E-state index contributed by atoms with van der Waals surface area (Å²) in [5.74, 6) is 0. The molecule has 0 aromatic rings. The molecular weight excluding hydrogens is 437 g/mol. The summed E-state index contributed by atoms with van der Waals surface area (Å²) in [5.41, 5.74) is 5.14. The summed E-state index contributed by atoms with van der Waals surface area (Å²) < 4.78 is 36.1. The zero-order chi connectivity index (χ0) is 22.6. The molecule has 15 nitrogen and oxygen atoms in total. The lowest BCUT2D eigenvalue weighted by Crippen LogP contribution is -2.64. The van der Waals surface area contributed by atoms with Gasteiger partial charge in [-0.2, -0.15) is 0 Å². The van der Waals surface area contributed by atoms with Crippen molar-refractivity contribution in [3.05, 3.63) is 0 Å². The Balaban J connectivity index is 1.98. The van der Waals surface area contributed by atoms with Crippen molar-refractivity contribution in [2.75, 3.05) is 26.4 Å². The molecule has 30 heavy (non-hydrogen) atoms. The van der Waals surface area contributed by atoms with Gasteiger partial charge < -0.3 is 60.6 Å². The third-order valence-electron chi connectivity index (χ3n) is 4.58. The highest BCUT2D eigenvalue weighted by molar-refractivity contribution is 7.47. The molecule has 178 valence electrons. The molecule has 2 rings (SSSR count). The summed E-state index contributed by atoms with van der Waals surface area (Å²) in [5, 5.41) is 69.2. The number of phosphoric ester groups is 1. The molecule has 2 aliphatic heterocycles. The molecular formula is C14H28NO14P. The van der Waals surface area contributed by atoms with Crippen LogP contribution >= 0.6 is 7.82 Å². The van der Waals surface area contributed by atoms with Gasteiger partial charge in [-0.25, -0.2) is 4.57 Å². The normalized spacial score (nSPS) is 44.6. The average molecular weight is 465 g/mol. The Kier molecular flexibility index (Phi) is 9.51. The van der Waals surface area contributed by atoms with E-state index >= 15 is 0 Å². The van der Waals surface area contributed by atoms with E-state index in [2.05, 4.69) is 9.05 Å². The van der Waals surface area contributed by atoms with E-state index in [0.717, 1.165) is 0 Å². The van der Waals surface area contributed by atoms with Crippen molar-refractivity contribution in [1.82, 2.24) is 0 Å². The Morgan fingerprint density at radius 3 is 2.10 bits per heavy atom. The molecule has 0 spiro atoms. The van der Waals surface area contributed by atoms with Crippen molar-refractivity contribution in [3.8, 4) is 0 Å². The maximum Gasteiger partial charge on any atom is 0.472 e. The van der Waals surface area contributed by atoms with E-state index in [4.69, 9.17) is 19.9 Å². The number of aliphatic hydroxyl groups is 7. The Morgan fingerprint density at radius 2 is 1.50 bits per heavy atom. The predicted molar refractivity (Wildman–Crippen MR) is 92.3 cm³/mol. The molecule has 0 radical (unpaired) electrons. The van der Waals surface area contributed by atoms with Gasteiger partial charge in [0.2, 0.25) is 0 Å². The van der Waals surface area contributed by atoms with Crippen LogP contribution in [-0.4, -0.2) is 128 Å². The van der Waals surface area contributed by atoms with Gasteiger partial charge in [-0.3, -0.25) is 9.05 Å². The topological polar surface area (TPSA) is 251 Å². The van der Waals surface area contributed by atoms with Crippen LogP contribution in [0, 0.1) is 0 Å². The van der Waals surface area contributed by atoms with Crippen molar-refractivity contribution in [1.29, 1.82) is 0 Å². The second-order valence-corrected chi connectivity index (χ2v) is 8.18. The monoisotopic (exact) mass is 465 g/mol. The molecule has 11 atom stereocenters. The van der Waals surface area contributed by atoms with Crippen molar-refractivity contribution < 1.29 is 68.5 Å². The summed E-state index contributed by atoms with van der Waals surface area (Å²) in [4.78, 5) is 9.45. The first-order chi connectivity index (χ1) is 14.0. The maximum absolute atomic E-state index is 11.6. The van der Waals surface area contributed by atoms with Crippen LogP contribution in [0.1, 0.15) is 0 Å². The van der Waals surface area contributed by atoms with Gasteiger partial charge in [0.25, 0.3) is 0 Å². The third kappa shape index (κ3) is 6.13. The van der Waals surface area contributed by atoms with Crippen molar-refractivity contribution in [2.45, 2.75) is 61.4 Å². The van der Waals surface area contributed by atoms with E-state index in [-0.39, 0.29) is 13.2 Å². The van der Waals surface area contributed by atoms with Crippen LogP contribution in [0.3, 0.4) is 0 Å². The van der Waals surface area contributed by atoms with Crippen LogP contribution in [-0.2, 0) is 27.8 Å². The molecule has 0 aromatic carbocycles. The Morgan fingerprint density at radius 1 is 0.867 bits per heavy atom. The van der Waals surface area contributed by atoms with Crippen LogP contribution < -0.4 is 5.73 Å². The average Bonchev–Trinajstić information content (AvgIpc) is 2.71. The van der Waals surface area contributed by atoms with Gasteiger partial charge >= 0.3 is 7.82 Å². The minimum atomic E-state index is -4.51.